The molecule has 0 aliphatic rings. The van der Waals surface area contributed by atoms with E-state index < -0.39 is 0 Å². The lowest BCUT2D eigenvalue weighted by molar-refractivity contribution is 0.709. The van der Waals surface area contributed by atoms with Crippen LogP contribution in [0.5, 0.6) is 0 Å². The lowest BCUT2D eigenvalue weighted by Crippen LogP contribution is -2.18. The van der Waals surface area contributed by atoms with Crippen LogP contribution >= 0.6 is 0 Å². The van der Waals surface area contributed by atoms with E-state index >= 15 is 0 Å². The molecule has 1 atom stereocenters. The van der Waals surface area contributed by atoms with Crippen molar-refractivity contribution in [3.63, 3.8) is 0 Å². The molecule has 2 aromatic heterocycles. The molecule has 0 saturated heterocycles. The third-order valence-electron chi connectivity index (χ3n) is 2.36. The first kappa shape index (κ1) is 10.8. The highest BCUT2D eigenvalue weighted by Crippen LogP contribution is 2.18. The summed E-state index contributed by atoms with van der Waals surface area (Å²) in [6, 6.07) is 5.93. The Morgan fingerprint density at radius 3 is 2.88 bits per heavy atom. The number of aromatic amines is 1. The van der Waals surface area contributed by atoms with Crippen LogP contribution in [0.15, 0.2) is 24.4 Å². The molecule has 0 aliphatic carbocycles. The molecular weight excluding hydrogens is 200 g/mol. The first-order chi connectivity index (χ1) is 7.66. The highest BCUT2D eigenvalue weighted by atomic mass is 15.0. The summed E-state index contributed by atoms with van der Waals surface area (Å²) in [7, 11) is 0. The highest BCUT2D eigenvalue weighted by molar-refractivity contribution is 5.56. The molecule has 0 amide bonds. The van der Waals surface area contributed by atoms with Gasteiger partial charge >= 0.3 is 0 Å². The van der Waals surface area contributed by atoms with Crippen molar-refractivity contribution in [1.29, 1.82) is 0 Å². The SMILES string of the molecule is Cc1[nH]c(CC(C)N)nc1-c1ccccn1. The Bertz CT molecular complexity index is 459. The summed E-state index contributed by atoms with van der Waals surface area (Å²) in [6.07, 6.45) is 2.53. The van der Waals surface area contributed by atoms with Crippen LogP contribution in [0.4, 0.5) is 0 Å². The number of aromatic nitrogens is 3. The Hall–Kier alpha value is -1.68. The van der Waals surface area contributed by atoms with Gasteiger partial charge in [0.25, 0.3) is 0 Å². The predicted octanol–water partition coefficient (Wildman–Crippen LogP) is 1.67. The molecule has 0 saturated carbocycles. The largest absolute Gasteiger partial charge is 0.345 e. The molecule has 0 spiro atoms. The molecule has 0 aromatic carbocycles. The van der Waals surface area contributed by atoms with Crippen LogP contribution < -0.4 is 5.73 Å². The van der Waals surface area contributed by atoms with Crippen molar-refractivity contribution in [3.8, 4) is 11.4 Å². The number of rotatable bonds is 3. The maximum atomic E-state index is 5.75. The van der Waals surface area contributed by atoms with Gasteiger partial charge in [-0.1, -0.05) is 6.07 Å². The van der Waals surface area contributed by atoms with E-state index in [4.69, 9.17) is 5.73 Å². The molecule has 2 aromatic rings. The molecule has 4 heteroatoms. The van der Waals surface area contributed by atoms with E-state index in [9.17, 15) is 0 Å². The van der Waals surface area contributed by atoms with Crippen molar-refractivity contribution in [2.75, 3.05) is 0 Å². The van der Waals surface area contributed by atoms with Gasteiger partial charge in [-0.25, -0.2) is 4.98 Å². The summed E-state index contributed by atoms with van der Waals surface area (Å²) < 4.78 is 0. The van der Waals surface area contributed by atoms with Gasteiger partial charge < -0.3 is 10.7 Å². The Balaban J connectivity index is 2.32. The number of hydrogen-bond donors (Lipinski definition) is 2. The van der Waals surface area contributed by atoms with Crippen molar-refractivity contribution in [1.82, 2.24) is 15.0 Å². The molecule has 1 unspecified atom stereocenters. The number of nitrogens with two attached hydrogens (primary N) is 1. The number of imidazole rings is 1. The van der Waals surface area contributed by atoms with E-state index in [1.54, 1.807) is 6.20 Å². The monoisotopic (exact) mass is 216 g/mol. The molecule has 3 N–H and O–H groups in total. The first-order valence-electron chi connectivity index (χ1n) is 5.39. The molecule has 0 fully saturated rings. The van der Waals surface area contributed by atoms with Crippen LogP contribution in [-0.4, -0.2) is 21.0 Å². The minimum atomic E-state index is 0.113. The molecule has 0 aliphatic heterocycles. The fourth-order valence-corrected chi connectivity index (χ4v) is 1.68. The van der Waals surface area contributed by atoms with Crippen molar-refractivity contribution in [2.24, 2.45) is 5.73 Å². The van der Waals surface area contributed by atoms with Gasteiger partial charge in [-0.2, -0.15) is 0 Å². The fraction of sp³-hybridized carbons (Fsp3) is 0.333. The van der Waals surface area contributed by atoms with Gasteiger partial charge in [0, 0.05) is 24.4 Å². The maximum absolute atomic E-state index is 5.75. The molecule has 2 rings (SSSR count). The van der Waals surface area contributed by atoms with Crippen molar-refractivity contribution >= 4 is 0 Å². The molecular formula is C12H16N4. The Labute approximate surface area is 94.9 Å². The highest BCUT2D eigenvalue weighted by Gasteiger charge is 2.10. The zero-order valence-electron chi connectivity index (χ0n) is 9.57. The second-order valence-corrected chi connectivity index (χ2v) is 4.05. The zero-order valence-corrected chi connectivity index (χ0v) is 9.57. The summed E-state index contributed by atoms with van der Waals surface area (Å²) in [6.45, 7) is 3.97. The van der Waals surface area contributed by atoms with Gasteiger partial charge in [0.15, 0.2) is 0 Å². The number of nitrogens with zero attached hydrogens (tertiary/aromatic N) is 2. The number of H-pyrrole nitrogens is 1. The number of nitrogens with one attached hydrogen (secondary N) is 1. The minimum Gasteiger partial charge on any atom is -0.345 e. The van der Waals surface area contributed by atoms with Crippen LogP contribution in [0.3, 0.4) is 0 Å². The quantitative estimate of drug-likeness (QED) is 0.820. The third-order valence-corrected chi connectivity index (χ3v) is 2.36. The second-order valence-electron chi connectivity index (χ2n) is 4.05. The fourth-order valence-electron chi connectivity index (χ4n) is 1.68. The summed E-state index contributed by atoms with van der Waals surface area (Å²) >= 11 is 0. The lowest BCUT2D eigenvalue weighted by atomic mass is 10.2. The standard InChI is InChI=1S/C12H16N4/c1-8(13)7-11-15-9(2)12(16-11)10-5-3-4-6-14-10/h3-6,8H,7,13H2,1-2H3,(H,15,16). The average molecular weight is 216 g/mol. The normalized spacial score (nSPS) is 12.7. The van der Waals surface area contributed by atoms with Crippen molar-refractivity contribution < 1.29 is 0 Å². The van der Waals surface area contributed by atoms with Gasteiger partial charge in [0.2, 0.25) is 0 Å². The smallest absolute Gasteiger partial charge is 0.110 e. The Kier molecular flexibility index (Phi) is 3.01. The molecule has 0 bridgehead atoms. The summed E-state index contributed by atoms with van der Waals surface area (Å²) in [5.41, 5.74) is 8.59. The first-order valence-corrected chi connectivity index (χ1v) is 5.39. The van der Waals surface area contributed by atoms with Crippen molar-refractivity contribution in [2.45, 2.75) is 26.3 Å². The van der Waals surface area contributed by atoms with Gasteiger partial charge in [0.05, 0.1) is 5.69 Å². The van der Waals surface area contributed by atoms with Crippen LogP contribution in [-0.2, 0) is 6.42 Å². The third kappa shape index (κ3) is 2.28. The van der Waals surface area contributed by atoms with Gasteiger partial charge in [-0.3, -0.25) is 4.98 Å². The summed E-state index contributed by atoms with van der Waals surface area (Å²) in [5, 5.41) is 0. The van der Waals surface area contributed by atoms with Crippen LogP contribution in [0.25, 0.3) is 11.4 Å². The Morgan fingerprint density at radius 1 is 1.44 bits per heavy atom. The average Bonchev–Trinajstić information content (AvgIpc) is 2.60. The van der Waals surface area contributed by atoms with Crippen LogP contribution in [0.1, 0.15) is 18.4 Å². The van der Waals surface area contributed by atoms with Gasteiger partial charge in [-0.05, 0) is 26.0 Å². The van der Waals surface area contributed by atoms with E-state index in [1.165, 1.54) is 0 Å². The van der Waals surface area contributed by atoms with Crippen molar-refractivity contribution in [3.05, 3.63) is 35.9 Å². The van der Waals surface area contributed by atoms with Crippen LogP contribution in [0.2, 0.25) is 0 Å². The molecule has 2 heterocycles. The number of hydrogen-bond acceptors (Lipinski definition) is 3. The topological polar surface area (TPSA) is 67.6 Å². The van der Waals surface area contributed by atoms with Gasteiger partial charge in [0.1, 0.15) is 11.5 Å². The Morgan fingerprint density at radius 2 is 2.25 bits per heavy atom. The van der Waals surface area contributed by atoms with Crippen LogP contribution in [0, 0.1) is 6.92 Å². The maximum Gasteiger partial charge on any atom is 0.110 e. The van der Waals surface area contributed by atoms with E-state index in [1.807, 2.05) is 32.0 Å². The number of aryl methyl sites for hydroxylation is 1. The van der Waals surface area contributed by atoms with E-state index in [0.717, 1.165) is 29.3 Å². The van der Waals surface area contributed by atoms with E-state index in [2.05, 4.69) is 15.0 Å². The van der Waals surface area contributed by atoms with Gasteiger partial charge in [-0.15, -0.1) is 0 Å². The summed E-state index contributed by atoms with van der Waals surface area (Å²) in [5.74, 6) is 0.924. The molecule has 0 radical (unpaired) electrons. The zero-order chi connectivity index (χ0) is 11.5. The number of pyridine rings is 1. The summed E-state index contributed by atoms with van der Waals surface area (Å²) in [4.78, 5) is 12.1. The minimum absolute atomic E-state index is 0.113. The second kappa shape index (κ2) is 4.45. The van der Waals surface area contributed by atoms with E-state index in [0.29, 0.717) is 0 Å². The van der Waals surface area contributed by atoms with E-state index in [-0.39, 0.29) is 6.04 Å². The predicted molar refractivity (Wildman–Crippen MR) is 63.9 cm³/mol. The molecule has 4 nitrogen and oxygen atoms in total. The molecule has 16 heavy (non-hydrogen) atoms. The lowest BCUT2D eigenvalue weighted by Gasteiger charge is -1.99. The molecule has 84 valence electrons.